The molecule has 3 N–H and O–H groups in total. The van der Waals surface area contributed by atoms with Crippen LogP contribution in [0.5, 0.6) is 0 Å². The highest BCUT2D eigenvalue weighted by molar-refractivity contribution is 6.30. The van der Waals surface area contributed by atoms with Crippen molar-refractivity contribution in [3.8, 4) is 11.3 Å². The lowest BCUT2D eigenvalue weighted by Gasteiger charge is -2.10. The molecule has 2 rings (SSSR count). The molecule has 23 heavy (non-hydrogen) atoms. The number of carbonyl (C=O) groups excluding carboxylic acids is 1. The molecule has 1 aromatic carbocycles. The first-order valence-corrected chi connectivity index (χ1v) is 7.87. The van der Waals surface area contributed by atoms with E-state index in [-0.39, 0.29) is 12.6 Å². The first-order valence-electron chi connectivity index (χ1n) is 7.49. The molecule has 0 radical (unpaired) electrons. The van der Waals surface area contributed by atoms with E-state index in [9.17, 15) is 4.79 Å². The van der Waals surface area contributed by atoms with Gasteiger partial charge in [-0.3, -0.25) is 5.32 Å². The van der Waals surface area contributed by atoms with Gasteiger partial charge in [-0.05, 0) is 18.1 Å². The third kappa shape index (κ3) is 4.97. The first-order chi connectivity index (χ1) is 11.0. The fourth-order valence-corrected chi connectivity index (χ4v) is 2.22. The summed E-state index contributed by atoms with van der Waals surface area (Å²) in [6.07, 6.45) is 0. The lowest BCUT2D eigenvalue weighted by Crippen LogP contribution is -2.32. The van der Waals surface area contributed by atoms with E-state index < -0.39 is 0 Å². The van der Waals surface area contributed by atoms with Crippen molar-refractivity contribution >= 4 is 23.4 Å². The minimum absolute atomic E-state index is 0.0705. The average molecular weight is 337 g/mol. The number of amides is 2. The fourth-order valence-electron chi connectivity index (χ4n) is 2.03. The van der Waals surface area contributed by atoms with Gasteiger partial charge in [0.25, 0.3) is 0 Å². The molecule has 0 fully saturated rings. The van der Waals surface area contributed by atoms with E-state index in [0.717, 1.165) is 5.56 Å². The zero-order chi connectivity index (χ0) is 16.8. The Morgan fingerprint density at radius 1 is 1.39 bits per heavy atom. The van der Waals surface area contributed by atoms with Crippen LogP contribution >= 0.6 is 11.6 Å². The molecule has 0 spiro atoms. The van der Waals surface area contributed by atoms with Gasteiger partial charge >= 0.3 is 6.03 Å². The van der Waals surface area contributed by atoms with Gasteiger partial charge in [0.15, 0.2) is 0 Å². The molecule has 0 saturated heterocycles. The van der Waals surface area contributed by atoms with Crippen molar-refractivity contribution in [2.24, 2.45) is 5.92 Å². The molecule has 0 bridgehead atoms. The van der Waals surface area contributed by atoms with Gasteiger partial charge in [0.05, 0.1) is 18.8 Å². The summed E-state index contributed by atoms with van der Waals surface area (Å²) >= 11 is 6.00. The largest absolute Gasteiger partial charge is 0.394 e. The SMILES string of the molecule is CC(C)CNC(=O)Nc1cc(-c2cccc(Cl)c2)nn1CCO. The van der Waals surface area contributed by atoms with Crippen molar-refractivity contribution in [2.45, 2.75) is 20.4 Å². The second-order valence-electron chi connectivity index (χ2n) is 5.60. The van der Waals surface area contributed by atoms with Gasteiger partial charge < -0.3 is 10.4 Å². The molecule has 0 aliphatic heterocycles. The molecule has 7 heteroatoms. The highest BCUT2D eigenvalue weighted by Crippen LogP contribution is 2.24. The van der Waals surface area contributed by atoms with E-state index in [0.29, 0.717) is 35.5 Å². The maximum Gasteiger partial charge on any atom is 0.320 e. The molecule has 0 aliphatic rings. The van der Waals surface area contributed by atoms with E-state index in [2.05, 4.69) is 15.7 Å². The van der Waals surface area contributed by atoms with Crippen molar-refractivity contribution in [2.75, 3.05) is 18.5 Å². The number of aromatic nitrogens is 2. The summed E-state index contributed by atoms with van der Waals surface area (Å²) < 4.78 is 1.56. The topological polar surface area (TPSA) is 79.2 Å². The van der Waals surface area contributed by atoms with Crippen LogP contribution in [0.2, 0.25) is 5.02 Å². The zero-order valence-electron chi connectivity index (χ0n) is 13.2. The average Bonchev–Trinajstić information content (AvgIpc) is 2.88. The van der Waals surface area contributed by atoms with Gasteiger partial charge in [0.1, 0.15) is 5.82 Å². The maximum absolute atomic E-state index is 11.9. The summed E-state index contributed by atoms with van der Waals surface area (Å²) in [6.45, 7) is 4.85. The van der Waals surface area contributed by atoms with Crippen LogP contribution < -0.4 is 10.6 Å². The minimum Gasteiger partial charge on any atom is -0.394 e. The Balaban J connectivity index is 2.19. The second kappa shape index (κ2) is 7.99. The zero-order valence-corrected chi connectivity index (χ0v) is 14.0. The molecule has 1 heterocycles. The number of halogens is 1. The van der Waals surface area contributed by atoms with Crippen molar-refractivity contribution < 1.29 is 9.90 Å². The molecular weight excluding hydrogens is 316 g/mol. The van der Waals surface area contributed by atoms with E-state index in [1.807, 2.05) is 26.0 Å². The van der Waals surface area contributed by atoms with Crippen LogP contribution in [-0.4, -0.2) is 34.1 Å². The number of aliphatic hydroxyl groups is 1. The summed E-state index contributed by atoms with van der Waals surface area (Å²) in [5.74, 6) is 0.889. The molecular formula is C16H21ClN4O2. The van der Waals surface area contributed by atoms with Crippen LogP contribution in [0.25, 0.3) is 11.3 Å². The molecule has 1 aromatic heterocycles. The number of rotatable bonds is 6. The van der Waals surface area contributed by atoms with Gasteiger partial charge in [-0.15, -0.1) is 0 Å². The standard InChI is InChI=1S/C16H21ClN4O2/c1-11(2)10-18-16(23)19-15-9-14(20-21(15)6-7-22)12-4-3-5-13(17)8-12/h3-5,8-9,11,22H,6-7,10H2,1-2H3,(H2,18,19,23). The summed E-state index contributed by atoms with van der Waals surface area (Å²) in [7, 11) is 0. The number of urea groups is 1. The lowest BCUT2D eigenvalue weighted by atomic mass is 10.1. The molecule has 2 aromatic rings. The summed E-state index contributed by atoms with van der Waals surface area (Å²) in [4.78, 5) is 11.9. The van der Waals surface area contributed by atoms with Gasteiger partial charge in [-0.2, -0.15) is 5.10 Å². The number of anilines is 1. The summed E-state index contributed by atoms with van der Waals surface area (Å²) in [5.41, 5.74) is 1.53. The Hall–Kier alpha value is -2.05. The molecule has 0 saturated carbocycles. The summed E-state index contributed by atoms with van der Waals surface area (Å²) in [6, 6.07) is 8.78. The molecule has 124 valence electrons. The Labute approximate surface area is 140 Å². The molecule has 0 unspecified atom stereocenters. The second-order valence-corrected chi connectivity index (χ2v) is 6.04. The van der Waals surface area contributed by atoms with Crippen LogP contribution in [-0.2, 0) is 6.54 Å². The van der Waals surface area contributed by atoms with E-state index in [4.69, 9.17) is 16.7 Å². The third-order valence-corrected chi connectivity index (χ3v) is 3.36. The molecule has 0 atom stereocenters. The van der Waals surface area contributed by atoms with E-state index in [1.54, 1.807) is 22.9 Å². The Kier molecular flexibility index (Phi) is 6.01. The number of hydrogen-bond donors (Lipinski definition) is 3. The maximum atomic E-state index is 11.9. The van der Waals surface area contributed by atoms with Crippen LogP contribution in [0.4, 0.5) is 10.6 Å². The van der Waals surface area contributed by atoms with E-state index >= 15 is 0 Å². The smallest absolute Gasteiger partial charge is 0.320 e. The molecule has 6 nitrogen and oxygen atoms in total. The van der Waals surface area contributed by atoms with Crippen LogP contribution in [0.1, 0.15) is 13.8 Å². The number of benzene rings is 1. The summed E-state index contributed by atoms with van der Waals surface area (Å²) in [5, 5.41) is 19.7. The van der Waals surface area contributed by atoms with Gasteiger partial charge in [-0.25, -0.2) is 9.48 Å². The molecule has 2 amide bonds. The van der Waals surface area contributed by atoms with Gasteiger partial charge in [0, 0.05) is 23.2 Å². The van der Waals surface area contributed by atoms with Crippen molar-refractivity contribution in [3.63, 3.8) is 0 Å². The number of carbonyl (C=O) groups is 1. The van der Waals surface area contributed by atoms with Crippen molar-refractivity contribution in [1.82, 2.24) is 15.1 Å². The van der Waals surface area contributed by atoms with Crippen LogP contribution in [0.15, 0.2) is 30.3 Å². The van der Waals surface area contributed by atoms with Crippen molar-refractivity contribution in [1.29, 1.82) is 0 Å². The van der Waals surface area contributed by atoms with Crippen LogP contribution in [0.3, 0.4) is 0 Å². The predicted molar refractivity (Wildman–Crippen MR) is 91.6 cm³/mol. The number of hydrogen-bond acceptors (Lipinski definition) is 3. The molecule has 0 aliphatic carbocycles. The third-order valence-electron chi connectivity index (χ3n) is 3.12. The van der Waals surface area contributed by atoms with Gasteiger partial charge in [0.2, 0.25) is 0 Å². The lowest BCUT2D eigenvalue weighted by molar-refractivity contribution is 0.250. The van der Waals surface area contributed by atoms with Gasteiger partial charge in [-0.1, -0.05) is 37.6 Å². The quantitative estimate of drug-likeness (QED) is 0.758. The Morgan fingerprint density at radius 3 is 2.83 bits per heavy atom. The number of nitrogens with zero attached hydrogens (tertiary/aromatic N) is 2. The van der Waals surface area contributed by atoms with Crippen LogP contribution in [0, 0.1) is 5.92 Å². The fraction of sp³-hybridized carbons (Fsp3) is 0.375. The first kappa shape index (κ1) is 17.3. The number of nitrogens with one attached hydrogen (secondary N) is 2. The predicted octanol–water partition coefficient (Wildman–Crippen LogP) is 2.97. The van der Waals surface area contributed by atoms with Crippen molar-refractivity contribution in [3.05, 3.63) is 35.4 Å². The van der Waals surface area contributed by atoms with E-state index in [1.165, 1.54) is 0 Å². The highest BCUT2D eigenvalue weighted by Gasteiger charge is 2.12. The normalized spacial score (nSPS) is 10.8. The highest BCUT2D eigenvalue weighted by atomic mass is 35.5. The Morgan fingerprint density at radius 2 is 2.17 bits per heavy atom. The number of aliphatic hydroxyl groups excluding tert-OH is 1. The minimum atomic E-state index is -0.296. The Bertz CT molecular complexity index is 670. The monoisotopic (exact) mass is 336 g/mol.